The summed E-state index contributed by atoms with van der Waals surface area (Å²) in [7, 11) is 2.21. The lowest BCUT2D eigenvalue weighted by Crippen LogP contribution is -2.27. The average Bonchev–Trinajstić information content (AvgIpc) is 3.40. The van der Waals surface area contributed by atoms with Crippen LogP contribution in [0.5, 0.6) is 0 Å². The van der Waals surface area contributed by atoms with E-state index in [4.69, 9.17) is 14.3 Å². The summed E-state index contributed by atoms with van der Waals surface area (Å²) in [4.78, 5) is 13.7. The fraction of sp³-hybridized carbons (Fsp3) is 0.381. The van der Waals surface area contributed by atoms with Crippen molar-refractivity contribution in [2.24, 2.45) is 11.8 Å². The summed E-state index contributed by atoms with van der Waals surface area (Å²) in [5.41, 5.74) is 1.95. The average molecular weight is 434 g/mol. The molecule has 2 fully saturated rings. The maximum atomic E-state index is 10.6. The monoisotopic (exact) mass is 434 g/mol. The molecule has 0 aliphatic carbocycles. The molecule has 1 aromatic carbocycles. The van der Waals surface area contributed by atoms with Crippen molar-refractivity contribution in [1.29, 1.82) is 0 Å². The van der Waals surface area contributed by atoms with Crippen LogP contribution in [0.4, 0.5) is 19.0 Å². The maximum absolute atomic E-state index is 10.6. The lowest BCUT2D eigenvalue weighted by Gasteiger charge is -2.21. The number of hydrogen-bond acceptors (Lipinski definition) is 6. The Morgan fingerprint density at radius 3 is 2.39 bits per heavy atom. The first kappa shape index (κ1) is 21.1. The van der Waals surface area contributed by atoms with Gasteiger partial charge in [-0.1, -0.05) is 18.2 Å². The molecule has 4 heterocycles. The maximum Gasteiger partial charge on any atom is 0.490 e. The number of hydrogen-bond donors (Lipinski definition) is 1. The number of benzene rings is 1. The number of carbonyl (C=O) groups is 1. The van der Waals surface area contributed by atoms with Crippen molar-refractivity contribution in [3.8, 4) is 11.3 Å². The van der Waals surface area contributed by atoms with Crippen LogP contribution in [-0.4, -0.2) is 65.6 Å². The van der Waals surface area contributed by atoms with Gasteiger partial charge in [0.2, 0.25) is 0 Å². The van der Waals surface area contributed by atoms with Gasteiger partial charge in [0, 0.05) is 31.6 Å². The van der Waals surface area contributed by atoms with Gasteiger partial charge < -0.3 is 19.3 Å². The number of nitrogens with zero attached hydrogens (tertiary/aromatic N) is 4. The summed E-state index contributed by atoms with van der Waals surface area (Å²) in [6.45, 7) is 4.48. The SMILES string of the molecule is CN1CC2CN(c3nnccc3-c3cc4ccccc4o3)CC2C1.O=C(O)C(F)(F)F. The molecule has 0 spiro atoms. The summed E-state index contributed by atoms with van der Waals surface area (Å²) in [5, 5.41) is 16.8. The molecule has 0 amide bonds. The van der Waals surface area contributed by atoms with Crippen molar-refractivity contribution in [3.63, 3.8) is 0 Å². The number of carboxylic acid groups (broad SMARTS) is 1. The number of para-hydroxylation sites is 1. The van der Waals surface area contributed by atoms with E-state index in [0.29, 0.717) is 0 Å². The van der Waals surface area contributed by atoms with Crippen molar-refractivity contribution in [2.75, 3.05) is 38.1 Å². The number of rotatable bonds is 2. The van der Waals surface area contributed by atoms with Crippen LogP contribution in [0.1, 0.15) is 0 Å². The van der Waals surface area contributed by atoms with Crippen LogP contribution < -0.4 is 4.90 Å². The lowest BCUT2D eigenvalue weighted by atomic mass is 10.0. The summed E-state index contributed by atoms with van der Waals surface area (Å²) in [6.07, 6.45) is -3.34. The molecule has 31 heavy (non-hydrogen) atoms. The Hall–Kier alpha value is -3.14. The number of furan rings is 1. The minimum atomic E-state index is -5.08. The van der Waals surface area contributed by atoms with E-state index in [1.165, 1.54) is 13.1 Å². The molecule has 2 aliphatic heterocycles. The zero-order chi connectivity index (χ0) is 22.2. The fourth-order valence-corrected chi connectivity index (χ4v) is 4.27. The summed E-state index contributed by atoms with van der Waals surface area (Å²) < 4.78 is 37.8. The van der Waals surface area contributed by atoms with Crippen LogP contribution in [0.25, 0.3) is 22.3 Å². The predicted octanol–water partition coefficient (Wildman–Crippen LogP) is 3.52. The first-order chi connectivity index (χ1) is 14.7. The molecule has 10 heteroatoms. The zero-order valence-corrected chi connectivity index (χ0v) is 16.7. The highest BCUT2D eigenvalue weighted by molar-refractivity contribution is 5.85. The van der Waals surface area contributed by atoms with Gasteiger partial charge in [-0.05, 0) is 37.1 Å². The smallest absolute Gasteiger partial charge is 0.475 e. The topological polar surface area (TPSA) is 82.7 Å². The van der Waals surface area contributed by atoms with Gasteiger partial charge in [0.15, 0.2) is 5.82 Å². The Kier molecular flexibility index (Phi) is 5.57. The summed E-state index contributed by atoms with van der Waals surface area (Å²) in [5.74, 6) is 0.539. The quantitative estimate of drug-likeness (QED) is 0.661. The van der Waals surface area contributed by atoms with Gasteiger partial charge in [0.05, 0.1) is 11.8 Å². The summed E-state index contributed by atoms with van der Waals surface area (Å²) >= 11 is 0. The third-order valence-corrected chi connectivity index (χ3v) is 5.60. The largest absolute Gasteiger partial charge is 0.490 e. The molecule has 1 N–H and O–H groups in total. The van der Waals surface area contributed by atoms with Gasteiger partial charge in [-0.3, -0.25) is 0 Å². The second-order valence-corrected chi connectivity index (χ2v) is 7.87. The normalized spacial score (nSPS) is 21.1. The van der Waals surface area contributed by atoms with Crippen LogP contribution >= 0.6 is 0 Å². The Morgan fingerprint density at radius 2 is 1.77 bits per heavy atom. The third kappa shape index (κ3) is 4.48. The lowest BCUT2D eigenvalue weighted by molar-refractivity contribution is -0.192. The molecule has 2 aromatic heterocycles. The summed E-state index contributed by atoms with van der Waals surface area (Å²) in [6, 6.07) is 12.2. The number of anilines is 1. The molecule has 2 unspecified atom stereocenters. The standard InChI is InChI=1S/C19H20N4O.C2HF3O2/c1-22-9-14-11-23(12-15(14)10-22)19-16(6-7-20-21-19)18-8-13-4-2-3-5-17(13)24-18;3-2(4,5)1(6)7/h2-8,14-15H,9-12H2,1H3;(H,6,7). The van der Waals surface area contributed by atoms with E-state index in [0.717, 1.165) is 53.0 Å². The Balaban J connectivity index is 0.000000289. The van der Waals surface area contributed by atoms with Gasteiger partial charge >= 0.3 is 12.1 Å². The molecule has 2 atom stereocenters. The molecule has 7 nitrogen and oxygen atoms in total. The molecule has 0 radical (unpaired) electrons. The first-order valence-corrected chi connectivity index (χ1v) is 9.76. The van der Waals surface area contributed by atoms with Crippen molar-refractivity contribution in [1.82, 2.24) is 15.1 Å². The third-order valence-electron chi connectivity index (χ3n) is 5.60. The van der Waals surface area contributed by atoms with Gasteiger partial charge in [0.25, 0.3) is 0 Å². The van der Waals surface area contributed by atoms with Gasteiger partial charge in [0.1, 0.15) is 11.3 Å². The highest BCUT2D eigenvalue weighted by Gasteiger charge is 2.40. The van der Waals surface area contributed by atoms with E-state index in [2.05, 4.69) is 39.2 Å². The van der Waals surface area contributed by atoms with Crippen LogP contribution in [0.3, 0.4) is 0 Å². The van der Waals surface area contributed by atoms with Gasteiger partial charge in [-0.2, -0.15) is 18.3 Å². The molecule has 0 saturated carbocycles. The van der Waals surface area contributed by atoms with Crippen molar-refractivity contribution in [2.45, 2.75) is 6.18 Å². The molecule has 3 aromatic rings. The molecule has 164 valence electrons. The molecule has 2 aliphatic rings. The number of halogens is 3. The number of fused-ring (bicyclic) bond motifs is 2. The predicted molar refractivity (Wildman–Crippen MR) is 108 cm³/mol. The first-order valence-electron chi connectivity index (χ1n) is 9.76. The van der Waals surface area contributed by atoms with Crippen LogP contribution in [0.2, 0.25) is 0 Å². The molecule has 2 saturated heterocycles. The van der Waals surface area contributed by atoms with Gasteiger partial charge in [-0.25, -0.2) is 4.79 Å². The second kappa shape index (κ2) is 8.18. The molecular formula is C21H21F3N4O3. The number of carboxylic acids is 1. The fourth-order valence-electron chi connectivity index (χ4n) is 4.27. The molecular weight excluding hydrogens is 413 g/mol. The van der Waals surface area contributed by atoms with Crippen molar-refractivity contribution < 1.29 is 27.5 Å². The Labute approximate surface area is 176 Å². The van der Waals surface area contributed by atoms with Crippen LogP contribution in [0, 0.1) is 11.8 Å². The number of likely N-dealkylation sites (tertiary alicyclic amines) is 1. The van der Waals surface area contributed by atoms with E-state index < -0.39 is 12.1 Å². The van der Waals surface area contributed by atoms with Crippen molar-refractivity contribution in [3.05, 3.63) is 42.6 Å². The zero-order valence-electron chi connectivity index (χ0n) is 16.7. The van der Waals surface area contributed by atoms with Gasteiger partial charge in [-0.15, -0.1) is 5.10 Å². The van der Waals surface area contributed by atoms with E-state index in [1.807, 2.05) is 24.3 Å². The second-order valence-electron chi connectivity index (χ2n) is 7.87. The molecule has 0 bridgehead atoms. The Morgan fingerprint density at radius 1 is 1.13 bits per heavy atom. The van der Waals surface area contributed by atoms with E-state index in [1.54, 1.807) is 6.20 Å². The highest BCUT2D eigenvalue weighted by Crippen LogP contribution is 2.38. The minimum absolute atomic E-state index is 0.737. The van der Waals surface area contributed by atoms with E-state index in [-0.39, 0.29) is 0 Å². The van der Waals surface area contributed by atoms with E-state index in [9.17, 15) is 13.2 Å². The number of aliphatic carboxylic acids is 1. The minimum Gasteiger partial charge on any atom is -0.475 e. The van der Waals surface area contributed by atoms with Crippen LogP contribution in [-0.2, 0) is 4.79 Å². The molecule has 5 rings (SSSR count). The highest BCUT2D eigenvalue weighted by atomic mass is 19.4. The van der Waals surface area contributed by atoms with Crippen molar-refractivity contribution >= 4 is 22.8 Å². The van der Waals surface area contributed by atoms with Crippen LogP contribution in [0.15, 0.2) is 47.0 Å². The number of alkyl halides is 3. The Bertz CT molecular complexity index is 1040. The number of aromatic nitrogens is 2. The van der Waals surface area contributed by atoms with E-state index >= 15 is 0 Å².